The maximum atomic E-state index is 13.4. The summed E-state index contributed by atoms with van der Waals surface area (Å²) in [5.41, 5.74) is 7.73. The molecule has 33 heavy (non-hydrogen) atoms. The van der Waals surface area contributed by atoms with Crippen molar-refractivity contribution in [2.45, 2.75) is 32.7 Å². The number of para-hydroxylation sites is 1. The highest BCUT2D eigenvalue weighted by Crippen LogP contribution is 2.31. The van der Waals surface area contributed by atoms with Gasteiger partial charge in [0, 0.05) is 33.4 Å². The second-order valence-electron chi connectivity index (χ2n) is 9.59. The Morgan fingerprint density at radius 1 is 0.848 bits per heavy atom. The van der Waals surface area contributed by atoms with E-state index in [0.29, 0.717) is 5.92 Å². The number of benzene rings is 3. The molecule has 4 aromatic rings. The first kappa shape index (κ1) is 21.7. The summed E-state index contributed by atoms with van der Waals surface area (Å²) in [7, 11) is 0. The van der Waals surface area contributed by atoms with E-state index in [2.05, 4.69) is 79.2 Å². The topological polar surface area (TPSA) is 23.5 Å². The van der Waals surface area contributed by atoms with E-state index in [-0.39, 0.29) is 11.9 Å². The van der Waals surface area contributed by atoms with Crippen molar-refractivity contribution in [2.75, 3.05) is 31.1 Å². The second-order valence-corrected chi connectivity index (χ2v) is 9.59. The zero-order valence-electron chi connectivity index (χ0n) is 19.7. The Balaban J connectivity index is 1.49. The Labute approximate surface area is 195 Å². The average molecular weight is 443 g/mol. The highest BCUT2D eigenvalue weighted by Gasteiger charge is 2.33. The van der Waals surface area contributed by atoms with Crippen molar-refractivity contribution < 1.29 is 9.29 Å². The zero-order valence-corrected chi connectivity index (χ0v) is 19.7. The number of halogens is 1. The van der Waals surface area contributed by atoms with Crippen molar-refractivity contribution in [2.24, 2.45) is 0 Å². The zero-order chi connectivity index (χ0) is 22.9. The summed E-state index contributed by atoms with van der Waals surface area (Å²) in [5.74, 6) is 0.349. The first-order valence-electron chi connectivity index (χ1n) is 12.0. The number of anilines is 1. The molecule has 1 fully saturated rings. The first-order chi connectivity index (χ1) is 16.0. The maximum Gasteiger partial charge on any atom is 0.141 e. The number of fused-ring (bicyclic) bond motifs is 1. The average Bonchev–Trinajstić information content (AvgIpc) is 3.16. The van der Waals surface area contributed by atoms with E-state index in [1.54, 1.807) is 17.0 Å². The molecule has 2 heterocycles. The van der Waals surface area contributed by atoms with E-state index in [0.717, 1.165) is 31.9 Å². The highest BCUT2D eigenvalue weighted by atomic mass is 19.1. The fourth-order valence-corrected chi connectivity index (χ4v) is 5.34. The minimum atomic E-state index is -0.178. The lowest BCUT2D eigenvalue weighted by atomic mass is 9.92. The van der Waals surface area contributed by atoms with Gasteiger partial charge in [0.05, 0.1) is 26.2 Å². The van der Waals surface area contributed by atoms with Crippen LogP contribution in [-0.4, -0.2) is 31.2 Å². The van der Waals surface area contributed by atoms with Gasteiger partial charge >= 0.3 is 0 Å². The Morgan fingerprint density at radius 3 is 2.15 bits per heavy atom. The van der Waals surface area contributed by atoms with Crippen molar-refractivity contribution in [3.8, 4) is 0 Å². The van der Waals surface area contributed by atoms with Gasteiger partial charge in [-0.15, -0.1) is 0 Å². The molecule has 0 amide bonds. The predicted molar refractivity (Wildman–Crippen MR) is 135 cm³/mol. The van der Waals surface area contributed by atoms with Gasteiger partial charge in [-0.2, -0.15) is 0 Å². The smallest absolute Gasteiger partial charge is 0.141 e. The first-order valence-corrected chi connectivity index (χ1v) is 12.0. The van der Waals surface area contributed by atoms with E-state index in [9.17, 15) is 4.39 Å². The molecular formula is C29H33FN3+. The van der Waals surface area contributed by atoms with Crippen LogP contribution < -0.4 is 9.80 Å². The molecule has 1 aromatic heterocycles. The molecule has 1 atom stereocenters. The summed E-state index contributed by atoms with van der Waals surface area (Å²) < 4.78 is 13.4. The van der Waals surface area contributed by atoms with E-state index in [4.69, 9.17) is 0 Å². The van der Waals surface area contributed by atoms with Crippen LogP contribution in [0.15, 0.2) is 72.8 Å². The molecule has 5 rings (SSSR count). The molecule has 1 aliphatic rings. The lowest BCUT2D eigenvalue weighted by Gasteiger charge is -2.38. The van der Waals surface area contributed by atoms with Gasteiger partial charge in [-0.1, -0.05) is 56.3 Å². The Morgan fingerprint density at radius 2 is 1.48 bits per heavy atom. The molecule has 0 spiro atoms. The fourth-order valence-electron chi connectivity index (χ4n) is 5.34. The number of nitrogens with zero attached hydrogens (tertiary/aromatic N) is 1. The number of hydrogen-bond donors (Lipinski definition) is 2. The van der Waals surface area contributed by atoms with E-state index < -0.39 is 0 Å². The molecular weight excluding hydrogens is 409 g/mol. The van der Waals surface area contributed by atoms with Crippen LogP contribution >= 0.6 is 0 Å². The third-order valence-electron chi connectivity index (χ3n) is 7.17. The minimum absolute atomic E-state index is 0.178. The molecule has 4 heteroatoms. The van der Waals surface area contributed by atoms with Gasteiger partial charge in [0.15, 0.2) is 0 Å². The standard InChI is InChI=1S/C29H32FN3/c1-20(2)22-8-10-23(11-9-22)29(28-21(3)31-27-7-5-4-6-26(27)28)33-18-16-32(17-19-33)25-14-12-24(30)13-15-25/h4-15,20,29,31H,16-19H2,1-3H3/p+1/t29-/m0/s1. The molecule has 0 radical (unpaired) electrons. The molecule has 0 unspecified atom stereocenters. The van der Waals surface area contributed by atoms with Crippen LogP contribution in [0, 0.1) is 12.7 Å². The molecule has 2 N–H and O–H groups in total. The molecule has 170 valence electrons. The van der Waals surface area contributed by atoms with E-state index >= 15 is 0 Å². The molecule has 0 bridgehead atoms. The summed E-state index contributed by atoms with van der Waals surface area (Å²) in [5, 5.41) is 1.32. The number of aromatic nitrogens is 1. The van der Waals surface area contributed by atoms with Crippen molar-refractivity contribution >= 4 is 16.6 Å². The number of piperazine rings is 1. The van der Waals surface area contributed by atoms with Crippen molar-refractivity contribution in [1.29, 1.82) is 0 Å². The van der Waals surface area contributed by atoms with Gasteiger partial charge in [0.1, 0.15) is 11.9 Å². The van der Waals surface area contributed by atoms with Crippen LogP contribution in [0.25, 0.3) is 10.9 Å². The van der Waals surface area contributed by atoms with Gasteiger partial charge in [-0.05, 0) is 48.7 Å². The number of rotatable bonds is 5. The number of quaternary nitrogens is 1. The van der Waals surface area contributed by atoms with Crippen LogP contribution in [0.3, 0.4) is 0 Å². The third kappa shape index (κ3) is 4.28. The summed E-state index contributed by atoms with van der Waals surface area (Å²) in [6.07, 6.45) is 0. The summed E-state index contributed by atoms with van der Waals surface area (Å²) in [6, 6.07) is 25.1. The van der Waals surface area contributed by atoms with E-state index in [1.807, 2.05) is 12.1 Å². The van der Waals surface area contributed by atoms with Gasteiger partial charge in [-0.3, -0.25) is 0 Å². The fraction of sp³-hybridized carbons (Fsp3) is 0.310. The van der Waals surface area contributed by atoms with Gasteiger partial charge in [0.2, 0.25) is 0 Å². The normalized spacial score (nSPS) is 16.0. The molecule has 0 saturated carbocycles. The lowest BCUT2D eigenvalue weighted by Crippen LogP contribution is -3.15. The Bertz CT molecular complexity index is 1220. The van der Waals surface area contributed by atoms with Gasteiger partial charge in [0.25, 0.3) is 0 Å². The second kappa shape index (κ2) is 9.03. The monoisotopic (exact) mass is 442 g/mol. The Hall–Kier alpha value is -3.11. The number of aromatic amines is 1. The van der Waals surface area contributed by atoms with Crippen molar-refractivity contribution in [3.05, 3.63) is 101 Å². The summed E-state index contributed by atoms with van der Waals surface area (Å²) in [6.45, 7) is 10.7. The van der Waals surface area contributed by atoms with Crippen LogP contribution in [0.4, 0.5) is 10.1 Å². The SMILES string of the molecule is Cc1[nH]c2ccccc2c1[C@H](c1ccc(C(C)C)cc1)[NH+]1CCN(c2ccc(F)cc2)CC1. The minimum Gasteiger partial charge on any atom is -0.360 e. The summed E-state index contributed by atoms with van der Waals surface area (Å²) in [4.78, 5) is 7.59. The number of hydrogen-bond acceptors (Lipinski definition) is 1. The van der Waals surface area contributed by atoms with Crippen molar-refractivity contribution in [3.63, 3.8) is 0 Å². The van der Waals surface area contributed by atoms with E-state index in [1.165, 1.54) is 33.3 Å². The number of H-pyrrole nitrogens is 1. The predicted octanol–water partition coefficient (Wildman–Crippen LogP) is 5.23. The maximum absolute atomic E-state index is 13.4. The van der Waals surface area contributed by atoms with Crippen LogP contribution in [0.5, 0.6) is 0 Å². The summed E-state index contributed by atoms with van der Waals surface area (Å²) >= 11 is 0. The van der Waals surface area contributed by atoms with Crippen LogP contribution in [0.2, 0.25) is 0 Å². The van der Waals surface area contributed by atoms with Crippen LogP contribution in [-0.2, 0) is 0 Å². The molecule has 1 saturated heterocycles. The van der Waals surface area contributed by atoms with Crippen molar-refractivity contribution in [1.82, 2.24) is 4.98 Å². The molecule has 3 aromatic carbocycles. The molecule has 1 aliphatic heterocycles. The number of aryl methyl sites for hydroxylation is 1. The molecule has 0 aliphatic carbocycles. The number of nitrogens with one attached hydrogen (secondary N) is 2. The largest absolute Gasteiger partial charge is 0.360 e. The van der Waals surface area contributed by atoms with Gasteiger partial charge < -0.3 is 14.8 Å². The highest BCUT2D eigenvalue weighted by molar-refractivity contribution is 5.85. The molecule has 3 nitrogen and oxygen atoms in total. The Kier molecular flexibility index (Phi) is 5.94. The van der Waals surface area contributed by atoms with Gasteiger partial charge in [-0.25, -0.2) is 4.39 Å². The lowest BCUT2D eigenvalue weighted by molar-refractivity contribution is -0.926. The third-order valence-corrected chi connectivity index (χ3v) is 7.17. The quantitative estimate of drug-likeness (QED) is 0.434. The van der Waals surface area contributed by atoms with Crippen LogP contribution in [0.1, 0.15) is 48.2 Å².